The highest BCUT2D eigenvalue weighted by molar-refractivity contribution is 7.12. The average molecular weight is 196 g/mol. The lowest BCUT2D eigenvalue weighted by molar-refractivity contribution is 0.106. The molecule has 1 aromatic rings. The zero-order valence-electron chi connectivity index (χ0n) is 8.42. The van der Waals surface area contributed by atoms with E-state index in [1.807, 2.05) is 0 Å². The third-order valence-corrected chi connectivity index (χ3v) is 4.23. The predicted molar refractivity (Wildman–Crippen MR) is 56.1 cm³/mol. The van der Waals surface area contributed by atoms with E-state index < -0.39 is 0 Å². The van der Waals surface area contributed by atoms with Crippen LogP contribution in [-0.2, 0) is 0 Å². The van der Waals surface area contributed by atoms with Crippen molar-refractivity contribution in [3.8, 4) is 0 Å². The fourth-order valence-corrected chi connectivity index (χ4v) is 2.92. The maximum Gasteiger partial charge on any atom is 0.0938 e. The minimum Gasteiger partial charge on any atom is -0.387 e. The number of hydrogen-bond donors (Lipinski definition) is 1. The summed E-state index contributed by atoms with van der Waals surface area (Å²) in [4.78, 5) is 2.48. The standard InChI is InChI=1S/C11H16OS/c1-7-6-8(2)13-9(7)10(12)11(3)4-5-11/h6,10,12H,4-5H2,1-3H3. The molecule has 0 aliphatic heterocycles. The highest BCUT2D eigenvalue weighted by Crippen LogP contribution is 2.55. The zero-order chi connectivity index (χ0) is 9.64. The monoisotopic (exact) mass is 196 g/mol. The summed E-state index contributed by atoms with van der Waals surface area (Å²) in [6, 6.07) is 2.16. The van der Waals surface area contributed by atoms with Crippen molar-refractivity contribution in [1.82, 2.24) is 0 Å². The van der Waals surface area contributed by atoms with E-state index in [9.17, 15) is 5.11 Å². The van der Waals surface area contributed by atoms with Crippen LogP contribution in [0.5, 0.6) is 0 Å². The van der Waals surface area contributed by atoms with Crippen molar-refractivity contribution >= 4 is 11.3 Å². The Morgan fingerprint density at radius 2 is 2.08 bits per heavy atom. The third kappa shape index (κ3) is 1.53. The fourth-order valence-electron chi connectivity index (χ4n) is 1.72. The second-order valence-electron chi connectivity index (χ2n) is 4.46. The summed E-state index contributed by atoms with van der Waals surface area (Å²) < 4.78 is 0. The van der Waals surface area contributed by atoms with Gasteiger partial charge in [0, 0.05) is 9.75 Å². The molecule has 0 amide bonds. The van der Waals surface area contributed by atoms with E-state index in [0.29, 0.717) is 0 Å². The van der Waals surface area contributed by atoms with Gasteiger partial charge in [0.2, 0.25) is 0 Å². The Labute approximate surface area is 83.4 Å². The van der Waals surface area contributed by atoms with E-state index in [-0.39, 0.29) is 11.5 Å². The first-order valence-electron chi connectivity index (χ1n) is 4.78. The van der Waals surface area contributed by atoms with E-state index in [1.54, 1.807) is 11.3 Å². The quantitative estimate of drug-likeness (QED) is 0.770. The molecule has 72 valence electrons. The largest absolute Gasteiger partial charge is 0.387 e. The van der Waals surface area contributed by atoms with Crippen LogP contribution in [0.3, 0.4) is 0 Å². The molecule has 1 nitrogen and oxygen atoms in total. The third-order valence-electron chi connectivity index (χ3n) is 3.03. The van der Waals surface area contributed by atoms with Crippen LogP contribution in [0.4, 0.5) is 0 Å². The summed E-state index contributed by atoms with van der Waals surface area (Å²) >= 11 is 1.74. The van der Waals surface area contributed by atoms with Gasteiger partial charge in [0.05, 0.1) is 6.10 Å². The molecule has 1 aromatic heterocycles. The van der Waals surface area contributed by atoms with Gasteiger partial charge in [-0.2, -0.15) is 0 Å². The molecule has 1 fully saturated rings. The van der Waals surface area contributed by atoms with Crippen molar-refractivity contribution in [3.63, 3.8) is 0 Å². The first-order valence-corrected chi connectivity index (χ1v) is 5.59. The molecule has 0 bridgehead atoms. The molecule has 1 N–H and O–H groups in total. The van der Waals surface area contributed by atoms with Gasteiger partial charge in [-0.25, -0.2) is 0 Å². The second-order valence-corrected chi connectivity index (χ2v) is 5.75. The van der Waals surface area contributed by atoms with Gasteiger partial charge in [0.25, 0.3) is 0 Å². The Kier molecular flexibility index (Phi) is 2.00. The maximum atomic E-state index is 10.1. The molecule has 0 saturated heterocycles. The molecule has 1 atom stereocenters. The molecule has 1 unspecified atom stereocenters. The van der Waals surface area contributed by atoms with Crippen LogP contribution in [0, 0.1) is 19.3 Å². The van der Waals surface area contributed by atoms with Crippen LogP contribution in [0.2, 0.25) is 0 Å². The number of aliphatic hydroxyl groups excluding tert-OH is 1. The number of thiophene rings is 1. The molecule has 1 saturated carbocycles. The molecule has 2 rings (SSSR count). The molecular weight excluding hydrogens is 180 g/mol. The van der Waals surface area contributed by atoms with Gasteiger partial charge in [0.1, 0.15) is 0 Å². The molecule has 0 aromatic carbocycles. The normalized spacial score (nSPS) is 21.5. The van der Waals surface area contributed by atoms with Crippen molar-refractivity contribution in [3.05, 3.63) is 21.4 Å². The van der Waals surface area contributed by atoms with Crippen molar-refractivity contribution in [2.45, 2.75) is 39.7 Å². The van der Waals surface area contributed by atoms with E-state index in [4.69, 9.17) is 0 Å². The topological polar surface area (TPSA) is 20.2 Å². The summed E-state index contributed by atoms with van der Waals surface area (Å²) in [5, 5.41) is 10.1. The van der Waals surface area contributed by atoms with Crippen LogP contribution in [0.25, 0.3) is 0 Å². The van der Waals surface area contributed by atoms with Crippen LogP contribution in [0.15, 0.2) is 6.07 Å². The number of aliphatic hydroxyl groups is 1. The summed E-state index contributed by atoms with van der Waals surface area (Å²) in [6.07, 6.45) is 2.11. The Morgan fingerprint density at radius 1 is 1.46 bits per heavy atom. The Morgan fingerprint density at radius 3 is 2.46 bits per heavy atom. The summed E-state index contributed by atoms with van der Waals surface area (Å²) in [5.74, 6) is 0. The van der Waals surface area contributed by atoms with Crippen LogP contribution >= 0.6 is 11.3 Å². The minimum atomic E-state index is -0.230. The van der Waals surface area contributed by atoms with Gasteiger partial charge < -0.3 is 5.11 Å². The number of rotatable bonds is 2. The number of hydrogen-bond acceptors (Lipinski definition) is 2. The Balaban J connectivity index is 2.29. The minimum absolute atomic E-state index is 0.183. The Hall–Kier alpha value is -0.340. The van der Waals surface area contributed by atoms with Crippen LogP contribution in [0.1, 0.15) is 41.2 Å². The van der Waals surface area contributed by atoms with E-state index in [1.165, 1.54) is 28.2 Å². The van der Waals surface area contributed by atoms with Crippen molar-refractivity contribution in [2.75, 3.05) is 0 Å². The van der Waals surface area contributed by atoms with Gasteiger partial charge in [0.15, 0.2) is 0 Å². The van der Waals surface area contributed by atoms with Gasteiger partial charge in [-0.3, -0.25) is 0 Å². The maximum absolute atomic E-state index is 10.1. The predicted octanol–water partition coefficient (Wildman–Crippen LogP) is 3.20. The van der Waals surface area contributed by atoms with Crippen LogP contribution in [-0.4, -0.2) is 5.11 Å². The van der Waals surface area contributed by atoms with Gasteiger partial charge in [-0.05, 0) is 43.7 Å². The fraction of sp³-hybridized carbons (Fsp3) is 0.636. The lowest BCUT2D eigenvalue weighted by Crippen LogP contribution is -2.08. The lowest BCUT2D eigenvalue weighted by atomic mass is 9.99. The molecule has 1 heterocycles. The van der Waals surface area contributed by atoms with E-state index >= 15 is 0 Å². The van der Waals surface area contributed by atoms with Gasteiger partial charge >= 0.3 is 0 Å². The molecule has 2 heteroatoms. The Bertz CT molecular complexity index is 323. The lowest BCUT2D eigenvalue weighted by Gasteiger charge is -2.16. The zero-order valence-corrected chi connectivity index (χ0v) is 9.24. The highest BCUT2D eigenvalue weighted by atomic mass is 32.1. The first-order chi connectivity index (χ1) is 6.03. The second kappa shape index (κ2) is 2.82. The van der Waals surface area contributed by atoms with E-state index in [0.717, 1.165) is 0 Å². The molecule has 1 aliphatic carbocycles. The summed E-state index contributed by atoms with van der Waals surface area (Å²) in [7, 11) is 0. The van der Waals surface area contributed by atoms with Gasteiger partial charge in [-0.15, -0.1) is 11.3 Å². The first kappa shape index (κ1) is 9.22. The molecular formula is C11H16OS. The highest BCUT2D eigenvalue weighted by Gasteiger charge is 2.45. The van der Waals surface area contributed by atoms with Crippen molar-refractivity contribution in [1.29, 1.82) is 0 Å². The molecule has 1 aliphatic rings. The summed E-state index contributed by atoms with van der Waals surface area (Å²) in [5.41, 5.74) is 1.44. The van der Waals surface area contributed by atoms with E-state index in [2.05, 4.69) is 26.8 Å². The molecule has 13 heavy (non-hydrogen) atoms. The number of aryl methyl sites for hydroxylation is 2. The average Bonchev–Trinajstić information content (AvgIpc) is 2.71. The molecule has 0 radical (unpaired) electrons. The smallest absolute Gasteiger partial charge is 0.0938 e. The SMILES string of the molecule is Cc1cc(C)c(C(O)C2(C)CC2)s1. The van der Waals surface area contributed by atoms with Gasteiger partial charge in [-0.1, -0.05) is 6.92 Å². The van der Waals surface area contributed by atoms with Crippen molar-refractivity contribution in [2.24, 2.45) is 5.41 Å². The van der Waals surface area contributed by atoms with Crippen LogP contribution < -0.4 is 0 Å². The summed E-state index contributed by atoms with van der Waals surface area (Å²) in [6.45, 7) is 6.36. The molecule has 0 spiro atoms. The van der Waals surface area contributed by atoms with Crippen molar-refractivity contribution < 1.29 is 5.11 Å².